The number of aryl methyl sites for hydroxylation is 2. The first-order valence-corrected chi connectivity index (χ1v) is 8.25. The molecule has 0 radical (unpaired) electrons. The fourth-order valence-electron chi connectivity index (χ4n) is 2.82. The molecule has 6 nitrogen and oxygen atoms in total. The Morgan fingerprint density at radius 2 is 2.27 bits per heavy atom. The molecule has 1 amide bonds. The fourth-order valence-corrected chi connectivity index (χ4v) is 3.99. The summed E-state index contributed by atoms with van der Waals surface area (Å²) in [5, 5.41) is 2.76. The van der Waals surface area contributed by atoms with Gasteiger partial charge in [0.1, 0.15) is 5.56 Å². The number of methoxy groups -OCH3 is 1. The molecule has 0 bridgehead atoms. The highest BCUT2D eigenvalue weighted by molar-refractivity contribution is 7.17. The Morgan fingerprint density at radius 3 is 3.05 bits per heavy atom. The van der Waals surface area contributed by atoms with Crippen molar-refractivity contribution < 1.29 is 9.53 Å². The second kappa shape index (κ2) is 6.18. The number of nitrogens with zero attached hydrogens (tertiary/aromatic N) is 2. The minimum absolute atomic E-state index is 0.0895. The molecule has 2 aromatic heterocycles. The Hall–Kier alpha value is -1.73. The number of thiazole rings is 1. The lowest BCUT2D eigenvalue weighted by Crippen LogP contribution is -2.39. The third kappa shape index (κ3) is 2.66. The molecule has 2 heterocycles. The van der Waals surface area contributed by atoms with Gasteiger partial charge in [-0.15, -0.1) is 11.3 Å². The second-order valence-corrected chi connectivity index (χ2v) is 6.67. The molecule has 3 rings (SSSR count). The van der Waals surface area contributed by atoms with Crippen LogP contribution in [0.2, 0.25) is 0 Å². The van der Waals surface area contributed by atoms with Crippen LogP contribution in [0.5, 0.6) is 0 Å². The van der Waals surface area contributed by atoms with Crippen LogP contribution in [-0.4, -0.2) is 35.1 Å². The van der Waals surface area contributed by atoms with Gasteiger partial charge in [-0.05, 0) is 32.6 Å². The molecule has 118 valence electrons. The van der Waals surface area contributed by atoms with Crippen molar-refractivity contribution in [1.82, 2.24) is 14.7 Å². The Bertz CT molecular complexity index is 765. The van der Waals surface area contributed by atoms with E-state index in [-0.39, 0.29) is 17.2 Å². The second-order valence-electron chi connectivity index (χ2n) is 5.60. The molecule has 0 saturated heterocycles. The summed E-state index contributed by atoms with van der Waals surface area (Å²) < 4.78 is 6.61. The average molecular weight is 321 g/mol. The molecule has 1 aliphatic rings. The number of hydrogen-bond acceptors (Lipinski definition) is 5. The monoisotopic (exact) mass is 321 g/mol. The van der Waals surface area contributed by atoms with Crippen LogP contribution in [0.4, 0.5) is 0 Å². The zero-order valence-electron chi connectivity index (χ0n) is 12.7. The van der Waals surface area contributed by atoms with Crippen molar-refractivity contribution in [3.8, 4) is 0 Å². The van der Waals surface area contributed by atoms with E-state index in [4.69, 9.17) is 4.74 Å². The van der Waals surface area contributed by atoms with Crippen LogP contribution >= 0.6 is 11.3 Å². The van der Waals surface area contributed by atoms with E-state index in [2.05, 4.69) is 10.3 Å². The average Bonchev–Trinajstić information content (AvgIpc) is 2.86. The lowest BCUT2D eigenvalue weighted by molar-refractivity contribution is 0.0903. The third-order valence-electron chi connectivity index (χ3n) is 3.84. The Morgan fingerprint density at radius 1 is 1.50 bits per heavy atom. The molecule has 0 aromatic carbocycles. The Balaban J connectivity index is 1.99. The van der Waals surface area contributed by atoms with Gasteiger partial charge in [0, 0.05) is 29.9 Å². The van der Waals surface area contributed by atoms with Crippen LogP contribution < -0.4 is 10.9 Å². The molecule has 22 heavy (non-hydrogen) atoms. The van der Waals surface area contributed by atoms with E-state index in [1.54, 1.807) is 22.8 Å². The van der Waals surface area contributed by atoms with E-state index in [0.29, 0.717) is 11.6 Å². The van der Waals surface area contributed by atoms with Crippen molar-refractivity contribution in [3.63, 3.8) is 0 Å². The summed E-state index contributed by atoms with van der Waals surface area (Å²) in [6.45, 7) is 2.23. The predicted octanol–water partition coefficient (Wildman–Crippen LogP) is 1.40. The van der Waals surface area contributed by atoms with Crippen molar-refractivity contribution in [3.05, 3.63) is 32.7 Å². The molecule has 1 aliphatic carbocycles. The summed E-state index contributed by atoms with van der Waals surface area (Å²) in [4.78, 5) is 31.2. The molecule has 0 saturated carbocycles. The van der Waals surface area contributed by atoms with E-state index >= 15 is 0 Å². The quantitative estimate of drug-likeness (QED) is 0.924. The van der Waals surface area contributed by atoms with Gasteiger partial charge in [0.05, 0.1) is 6.61 Å². The van der Waals surface area contributed by atoms with Crippen LogP contribution in [0.1, 0.15) is 40.7 Å². The van der Waals surface area contributed by atoms with Gasteiger partial charge in [0.15, 0.2) is 4.96 Å². The van der Waals surface area contributed by atoms with Gasteiger partial charge in [-0.25, -0.2) is 4.98 Å². The van der Waals surface area contributed by atoms with Crippen LogP contribution in [0.25, 0.3) is 4.96 Å². The lowest BCUT2D eigenvalue weighted by Gasteiger charge is -2.13. The number of nitrogens with one attached hydrogen (secondary N) is 1. The van der Waals surface area contributed by atoms with Gasteiger partial charge < -0.3 is 10.1 Å². The maximum Gasteiger partial charge on any atom is 0.271 e. The number of rotatable bonds is 4. The SMILES string of the molecule is COC[C@H](C)NC(=O)c1cnc2sc3c(n2c1=O)CCCC3. The zero-order valence-corrected chi connectivity index (χ0v) is 13.5. The molecule has 1 atom stereocenters. The number of fused-ring (bicyclic) bond motifs is 3. The smallest absolute Gasteiger partial charge is 0.271 e. The normalized spacial score (nSPS) is 15.5. The Labute approximate surface area is 132 Å². The molecule has 0 fully saturated rings. The number of hydrogen-bond donors (Lipinski definition) is 1. The molecule has 0 aliphatic heterocycles. The topological polar surface area (TPSA) is 72.7 Å². The maximum atomic E-state index is 12.7. The van der Waals surface area contributed by atoms with Crippen molar-refractivity contribution in [2.45, 2.75) is 38.6 Å². The first kappa shape index (κ1) is 15.2. The number of amides is 1. The van der Waals surface area contributed by atoms with Gasteiger partial charge >= 0.3 is 0 Å². The summed E-state index contributed by atoms with van der Waals surface area (Å²) in [6, 6.07) is -0.158. The van der Waals surface area contributed by atoms with Crippen LogP contribution in [0.15, 0.2) is 11.0 Å². The standard InChI is InChI=1S/C15H19N3O3S/c1-9(8-21-2)17-13(19)10-7-16-15-18(14(10)20)11-5-3-4-6-12(11)22-15/h7,9H,3-6,8H2,1-2H3,(H,17,19)/t9-/m0/s1. The highest BCUT2D eigenvalue weighted by Crippen LogP contribution is 2.28. The van der Waals surface area contributed by atoms with E-state index < -0.39 is 5.91 Å². The highest BCUT2D eigenvalue weighted by Gasteiger charge is 2.21. The molecule has 1 N–H and O–H groups in total. The van der Waals surface area contributed by atoms with E-state index in [1.807, 2.05) is 6.92 Å². The van der Waals surface area contributed by atoms with Gasteiger partial charge in [0.2, 0.25) is 0 Å². The number of ether oxygens (including phenoxy) is 1. The zero-order chi connectivity index (χ0) is 15.7. The lowest BCUT2D eigenvalue weighted by atomic mass is 10.0. The van der Waals surface area contributed by atoms with Crippen molar-refractivity contribution in [1.29, 1.82) is 0 Å². The number of carbonyl (C=O) groups excluding carboxylic acids is 1. The number of carbonyl (C=O) groups is 1. The Kier molecular flexibility index (Phi) is 4.26. The molecular weight excluding hydrogens is 302 g/mol. The summed E-state index contributed by atoms with van der Waals surface area (Å²) in [5.41, 5.74) is 0.849. The van der Waals surface area contributed by atoms with E-state index in [0.717, 1.165) is 31.4 Å². The van der Waals surface area contributed by atoms with Gasteiger partial charge in [-0.3, -0.25) is 14.0 Å². The van der Waals surface area contributed by atoms with Crippen molar-refractivity contribution in [2.24, 2.45) is 0 Å². The predicted molar refractivity (Wildman–Crippen MR) is 84.8 cm³/mol. The van der Waals surface area contributed by atoms with Gasteiger partial charge in [-0.2, -0.15) is 0 Å². The van der Waals surface area contributed by atoms with Crippen LogP contribution in [-0.2, 0) is 17.6 Å². The molecule has 2 aromatic rings. The van der Waals surface area contributed by atoms with Gasteiger partial charge in [0.25, 0.3) is 11.5 Å². The van der Waals surface area contributed by atoms with Crippen LogP contribution in [0.3, 0.4) is 0 Å². The molecule has 0 unspecified atom stereocenters. The highest BCUT2D eigenvalue weighted by atomic mass is 32.1. The molecular formula is C15H19N3O3S. The third-order valence-corrected chi connectivity index (χ3v) is 5.00. The van der Waals surface area contributed by atoms with E-state index in [1.165, 1.54) is 11.1 Å². The minimum Gasteiger partial charge on any atom is -0.383 e. The van der Waals surface area contributed by atoms with Gasteiger partial charge in [-0.1, -0.05) is 0 Å². The summed E-state index contributed by atoms with van der Waals surface area (Å²) >= 11 is 1.56. The number of aromatic nitrogens is 2. The minimum atomic E-state index is -0.396. The molecule has 7 heteroatoms. The molecule has 0 spiro atoms. The van der Waals surface area contributed by atoms with E-state index in [9.17, 15) is 9.59 Å². The van der Waals surface area contributed by atoms with Crippen LogP contribution in [0, 0.1) is 0 Å². The van der Waals surface area contributed by atoms with Crippen molar-refractivity contribution in [2.75, 3.05) is 13.7 Å². The summed E-state index contributed by atoms with van der Waals surface area (Å²) in [6.07, 6.45) is 5.48. The summed E-state index contributed by atoms with van der Waals surface area (Å²) in [7, 11) is 1.57. The van der Waals surface area contributed by atoms with Crippen molar-refractivity contribution >= 4 is 22.2 Å². The first-order valence-electron chi connectivity index (χ1n) is 7.44. The largest absolute Gasteiger partial charge is 0.383 e. The summed E-state index contributed by atoms with van der Waals surface area (Å²) in [5.74, 6) is -0.396. The first-order chi connectivity index (χ1) is 10.6. The fraction of sp³-hybridized carbons (Fsp3) is 0.533. The maximum absolute atomic E-state index is 12.7.